The van der Waals surface area contributed by atoms with Gasteiger partial charge in [-0.3, -0.25) is 4.79 Å². The van der Waals surface area contributed by atoms with Crippen LogP contribution >= 0.6 is 0 Å². The summed E-state index contributed by atoms with van der Waals surface area (Å²) in [5, 5.41) is 1.69. The molecule has 0 aromatic heterocycles. The summed E-state index contributed by atoms with van der Waals surface area (Å²) in [6.45, 7) is -1.15. The van der Waals surface area contributed by atoms with E-state index < -0.39 is 61.3 Å². The summed E-state index contributed by atoms with van der Waals surface area (Å²) in [4.78, 5) is 10.8. The molecule has 3 nitrogen and oxygen atoms in total. The number of carbonyl (C=O) groups excluding carboxylic acids is 1. The maximum absolute atomic E-state index is 13.3. The molecule has 0 rings (SSSR count). The monoisotopic (exact) mass is 449 g/mol. The zero-order chi connectivity index (χ0) is 22.8. The normalized spacial score (nSPS) is 14.9. The van der Waals surface area contributed by atoms with Crippen molar-refractivity contribution in [2.45, 2.75) is 49.1 Å². The second kappa shape index (κ2) is 8.10. The molecule has 0 saturated carbocycles. The Morgan fingerprint density at radius 2 is 1.18 bits per heavy atom. The van der Waals surface area contributed by atoms with Crippen LogP contribution in [0.25, 0.3) is 0 Å². The Morgan fingerprint density at radius 1 is 0.750 bits per heavy atom. The molecule has 0 aliphatic carbocycles. The van der Waals surface area contributed by atoms with Gasteiger partial charge in [-0.25, -0.2) is 0 Å². The van der Waals surface area contributed by atoms with E-state index in [-0.39, 0.29) is 6.61 Å². The van der Waals surface area contributed by atoms with Gasteiger partial charge in [-0.2, -0.15) is 57.1 Å². The average Bonchev–Trinajstić information content (AvgIpc) is 2.50. The quantitative estimate of drug-likeness (QED) is 0.308. The Morgan fingerprint density at radius 3 is 1.57 bits per heavy atom. The zero-order valence-electron chi connectivity index (χ0n) is 13.6. The number of alkyl halides is 13. The fraction of sp³-hybridized carbons (Fsp3) is 0.917. The topological polar surface area (TPSA) is 38.3 Å². The van der Waals surface area contributed by atoms with Gasteiger partial charge in [0.15, 0.2) is 0 Å². The number of hydrogen-bond acceptors (Lipinski definition) is 3. The molecule has 0 atom stereocenters. The van der Waals surface area contributed by atoms with Crippen molar-refractivity contribution >= 4 is 5.97 Å². The molecule has 0 fully saturated rings. The van der Waals surface area contributed by atoms with Crippen molar-refractivity contribution in [2.24, 2.45) is 0 Å². The van der Waals surface area contributed by atoms with E-state index in [1.54, 1.807) is 5.32 Å². The number of nitrogens with one attached hydrogen (secondary N) is 1. The lowest BCUT2D eigenvalue weighted by Crippen LogP contribution is -2.70. The Balaban J connectivity index is 5.54. The van der Waals surface area contributed by atoms with Crippen LogP contribution in [0.1, 0.15) is 13.3 Å². The van der Waals surface area contributed by atoms with E-state index in [2.05, 4.69) is 4.74 Å². The standard InChI is InChI=1S/C12H12F13NO2/c1-2-28-6(27)5-26-4-3-7(13,14)8(15,16)9(17,18)10(19,20)11(21,22)12(23,24)25/h26H,2-5H2,1H3. The van der Waals surface area contributed by atoms with Gasteiger partial charge in [0.1, 0.15) is 0 Å². The molecule has 28 heavy (non-hydrogen) atoms. The van der Waals surface area contributed by atoms with Crippen LogP contribution in [0.15, 0.2) is 0 Å². The predicted molar refractivity (Wildman–Crippen MR) is 64.9 cm³/mol. The largest absolute Gasteiger partial charge is 0.465 e. The van der Waals surface area contributed by atoms with E-state index >= 15 is 0 Å². The van der Waals surface area contributed by atoms with E-state index in [4.69, 9.17) is 0 Å². The summed E-state index contributed by atoms with van der Waals surface area (Å²) >= 11 is 0. The van der Waals surface area contributed by atoms with Gasteiger partial charge in [0.05, 0.1) is 13.2 Å². The molecule has 0 bridgehead atoms. The van der Waals surface area contributed by atoms with Gasteiger partial charge in [0.2, 0.25) is 0 Å². The van der Waals surface area contributed by atoms with Crippen molar-refractivity contribution in [3.8, 4) is 0 Å². The van der Waals surface area contributed by atoms with Gasteiger partial charge in [0, 0.05) is 13.0 Å². The molecule has 0 saturated heterocycles. The Kier molecular flexibility index (Phi) is 7.67. The molecule has 0 radical (unpaired) electrons. The maximum atomic E-state index is 13.3. The van der Waals surface area contributed by atoms with Crippen molar-refractivity contribution in [3.63, 3.8) is 0 Å². The first-order valence-corrected chi connectivity index (χ1v) is 7.03. The molecule has 0 amide bonds. The van der Waals surface area contributed by atoms with Crippen molar-refractivity contribution in [1.29, 1.82) is 0 Å². The molecule has 16 heteroatoms. The highest BCUT2D eigenvalue weighted by Gasteiger charge is 2.90. The third kappa shape index (κ3) is 4.56. The molecule has 0 spiro atoms. The van der Waals surface area contributed by atoms with Crippen LogP contribution in [0.5, 0.6) is 0 Å². The van der Waals surface area contributed by atoms with Crippen molar-refractivity contribution < 1.29 is 66.6 Å². The lowest BCUT2D eigenvalue weighted by Gasteiger charge is -2.39. The lowest BCUT2D eigenvalue weighted by atomic mass is 9.92. The van der Waals surface area contributed by atoms with Crippen molar-refractivity contribution in [3.05, 3.63) is 0 Å². The van der Waals surface area contributed by atoms with Gasteiger partial charge in [-0.1, -0.05) is 0 Å². The first-order valence-electron chi connectivity index (χ1n) is 7.03. The predicted octanol–water partition coefficient (Wildman–Crippen LogP) is 4.27. The minimum Gasteiger partial charge on any atom is -0.465 e. The zero-order valence-corrected chi connectivity index (χ0v) is 13.6. The third-order valence-corrected chi connectivity index (χ3v) is 3.19. The van der Waals surface area contributed by atoms with Crippen molar-refractivity contribution in [2.75, 3.05) is 19.7 Å². The van der Waals surface area contributed by atoms with Crippen LogP contribution in [0.4, 0.5) is 57.1 Å². The summed E-state index contributed by atoms with van der Waals surface area (Å²) < 4.78 is 171. The van der Waals surface area contributed by atoms with Crippen LogP contribution in [0.2, 0.25) is 0 Å². The van der Waals surface area contributed by atoms with Crippen LogP contribution in [-0.4, -0.2) is 61.5 Å². The highest BCUT2D eigenvalue weighted by Crippen LogP contribution is 2.60. The molecular weight excluding hydrogens is 437 g/mol. The molecule has 0 aromatic rings. The van der Waals surface area contributed by atoms with Gasteiger partial charge in [-0.05, 0) is 6.92 Å². The second-order valence-corrected chi connectivity index (χ2v) is 5.23. The summed E-state index contributed by atoms with van der Waals surface area (Å²) in [6.07, 6.45) is -9.85. The number of halogens is 13. The van der Waals surface area contributed by atoms with Crippen LogP contribution < -0.4 is 5.32 Å². The average molecular weight is 449 g/mol. The third-order valence-electron chi connectivity index (χ3n) is 3.19. The van der Waals surface area contributed by atoms with E-state index in [1.807, 2.05) is 0 Å². The highest BCUT2D eigenvalue weighted by molar-refractivity contribution is 5.71. The second-order valence-electron chi connectivity index (χ2n) is 5.23. The summed E-state index contributed by atoms with van der Waals surface area (Å²) in [5.41, 5.74) is 0. The molecule has 0 aliphatic heterocycles. The van der Waals surface area contributed by atoms with Gasteiger partial charge in [-0.15, -0.1) is 0 Å². The lowest BCUT2D eigenvalue weighted by molar-refractivity contribution is -0.440. The summed E-state index contributed by atoms with van der Waals surface area (Å²) in [5.74, 6) is -38.0. The minimum absolute atomic E-state index is 0.177. The molecule has 1 N–H and O–H groups in total. The summed E-state index contributed by atoms with van der Waals surface area (Å²) in [7, 11) is 0. The SMILES string of the molecule is CCOC(=O)CNCCC(F)(F)C(F)(F)C(F)(F)C(F)(F)C(F)(F)C(F)(F)F. The van der Waals surface area contributed by atoms with E-state index in [0.717, 1.165) is 0 Å². The highest BCUT2D eigenvalue weighted by atomic mass is 19.4. The number of ether oxygens (including phenoxy) is 1. The molecule has 0 aromatic carbocycles. The van der Waals surface area contributed by atoms with Gasteiger partial charge < -0.3 is 10.1 Å². The van der Waals surface area contributed by atoms with Gasteiger partial charge >= 0.3 is 41.8 Å². The molecule has 0 unspecified atom stereocenters. The molecule has 0 heterocycles. The van der Waals surface area contributed by atoms with Gasteiger partial charge in [0.25, 0.3) is 0 Å². The van der Waals surface area contributed by atoms with Crippen LogP contribution in [-0.2, 0) is 9.53 Å². The van der Waals surface area contributed by atoms with Crippen molar-refractivity contribution in [1.82, 2.24) is 5.32 Å². The Labute approximate surface area is 148 Å². The van der Waals surface area contributed by atoms with Crippen LogP contribution in [0, 0.1) is 0 Å². The number of rotatable bonds is 10. The smallest absolute Gasteiger partial charge is 0.460 e. The Bertz CT molecular complexity index is 544. The van der Waals surface area contributed by atoms with E-state index in [0.29, 0.717) is 0 Å². The maximum Gasteiger partial charge on any atom is 0.460 e. The molecule has 0 aliphatic rings. The fourth-order valence-corrected chi connectivity index (χ4v) is 1.61. The first kappa shape index (κ1) is 26.5. The Hall–Kier alpha value is -1.48. The number of carbonyl (C=O) groups is 1. The summed E-state index contributed by atoms with van der Waals surface area (Å²) in [6, 6.07) is 0. The van der Waals surface area contributed by atoms with E-state index in [9.17, 15) is 61.9 Å². The number of esters is 1. The fourth-order valence-electron chi connectivity index (χ4n) is 1.61. The first-order chi connectivity index (χ1) is 12.2. The van der Waals surface area contributed by atoms with Crippen LogP contribution in [0.3, 0.4) is 0 Å². The molecule has 168 valence electrons. The van der Waals surface area contributed by atoms with E-state index in [1.165, 1.54) is 6.92 Å². The number of hydrogen-bond donors (Lipinski definition) is 1. The minimum atomic E-state index is -7.91. The molecular formula is C12H12F13NO2.